The first-order valence-corrected chi connectivity index (χ1v) is 5.28. The Bertz CT molecular complexity index is 245. The number of hydrogen-bond donors (Lipinski definition) is 1. The average molecular weight is 182 g/mol. The minimum absolute atomic E-state index is 0.386. The summed E-state index contributed by atoms with van der Waals surface area (Å²) in [6, 6.07) is 2.51. The Balaban J connectivity index is 2.16. The molecule has 66 valence electrons. The van der Waals surface area contributed by atoms with Crippen molar-refractivity contribution < 1.29 is 0 Å². The maximum atomic E-state index is 5.95. The van der Waals surface area contributed by atoms with Gasteiger partial charge in [-0.1, -0.05) is 6.92 Å². The quantitative estimate of drug-likeness (QED) is 0.721. The zero-order valence-electron chi connectivity index (χ0n) is 7.23. The van der Waals surface area contributed by atoms with Crippen molar-refractivity contribution in [2.45, 2.75) is 31.7 Å². The molecule has 1 aliphatic carbocycles. The molecule has 1 saturated carbocycles. The molecule has 12 heavy (non-hydrogen) atoms. The van der Waals surface area contributed by atoms with Gasteiger partial charge in [0.15, 0.2) is 0 Å². The fourth-order valence-corrected chi connectivity index (χ4v) is 2.61. The summed E-state index contributed by atoms with van der Waals surface area (Å²) in [5, 5.41) is 2.05. The lowest BCUT2D eigenvalue weighted by molar-refractivity contribution is 0.474. The van der Waals surface area contributed by atoms with Crippen molar-refractivity contribution in [3.05, 3.63) is 17.1 Å². The lowest BCUT2D eigenvalue weighted by Gasteiger charge is -2.15. The van der Waals surface area contributed by atoms with Crippen LogP contribution in [0.25, 0.3) is 0 Å². The summed E-state index contributed by atoms with van der Waals surface area (Å²) in [7, 11) is 0. The molecule has 0 saturated heterocycles. The monoisotopic (exact) mass is 182 g/mol. The number of aromatic nitrogens is 1. The topological polar surface area (TPSA) is 38.9 Å². The molecule has 1 aromatic rings. The Kier molecular flexibility index (Phi) is 2.15. The van der Waals surface area contributed by atoms with E-state index in [1.54, 1.807) is 0 Å². The summed E-state index contributed by atoms with van der Waals surface area (Å²) in [4.78, 5) is 0. The minimum atomic E-state index is 0.386. The summed E-state index contributed by atoms with van der Waals surface area (Å²) in [6.07, 6.45) is 2.37. The van der Waals surface area contributed by atoms with Crippen LogP contribution in [-0.4, -0.2) is 10.4 Å². The molecule has 1 heterocycles. The van der Waals surface area contributed by atoms with Gasteiger partial charge in [0.25, 0.3) is 0 Å². The van der Waals surface area contributed by atoms with Crippen molar-refractivity contribution in [2.24, 2.45) is 11.7 Å². The molecule has 0 aliphatic heterocycles. The molecule has 0 radical (unpaired) electrons. The SMILES string of the molecule is CC1C(N)CCC1c1ccsn1. The smallest absolute Gasteiger partial charge is 0.0576 e. The molecule has 2 nitrogen and oxygen atoms in total. The van der Waals surface area contributed by atoms with Crippen LogP contribution in [0.2, 0.25) is 0 Å². The second kappa shape index (κ2) is 3.15. The molecule has 0 spiro atoms. The van der Waals surface area contributed by atoms with Gasteiger partial charge in [0, 0.05) is 17.3 Å². The summed E-state index contributed by atoms with van der Waals surface area (Å²) in [6.45, 7) is 2.24. The highest BCUT2D eigenvalue weighted by molar-refractivity contribution is 7.03. The van der Waals surface area contributed by atoms with E-state index in [1.807, 2.05) is 5.38 Å². The second-order valence-corrected chi connectivity index (χ2v) is 4.30. The number of nitrogens with two attached hydrogens (primary N) is 1. The van der Waals surface area contributed by atoms with E-state index in [2.05, 4.69) is 17.4 Å². The molecule has 2 N–H and O–H groups in total. The molecule has 1 aliphatic rings. The number of hydrogen-bond acceptors (Lipinski definition) is 3. The largest absolute Gasteiger partial charge is 0.327 e. The van der Waals surface area contributed by atoms with Crippen LogP contribution >= 0.6 is 11.5 Å². The maximum absolute atomic E-state index is 5.95. The summed E-state index contributed by atoms with van der Waals surface area (Å²) >= 11 is 1.54. The predicted octanol–water partition coefficient (Wildman–Crippen LogP) is 1.98. The third kappa shape index (κ3) is 1.27. The van der Waals surface area contributed by atoms with Crippen molar-refractivity contribution in [2.75, 3.05) is 0 Å². The van der Waals surface area contributed by atoms with Crippen molar-refractivity contribution in [3.63, 3.8) is 0 Å². The van der Waals surface area contributed by atoms with Gasteiger partial charge < -0.3 is 5.73 Å². The molecule has 3 unspecified atom stereocenters. The Labute approximate surface area is 77.0 Å². The number of rotatable bonds is 1. The zero-order chi connectivity index (χ0) is 8.55. The van der Waals surface area contributed by atoms with E-state index < -0.39 is 0 Å². The Morgan fingerprint density at radius 3 is 2.92 bits per heavy atom. The summed E-state index contributed by atoms with van der Waals surface area (Å²) < 4.78 is 4.37. The third-order valence-electron chi connectivity index (χ3n) is 2.96. The average Bonchev–Trinajstić information content (AvgIpc) is 2.64. The molecule has 2 rings (SSSR count). The molecule has 0 amide bonds. The molecule has 1 aromatic heterocycles. The lowest BCUT2D eigenvalue weighted by Crippen LogP contribution is -2.24. The van der Waals surface area contributed by atoms with Crippen molar-refractivity contribution in [3.8, 4) is 0 Å². The van der Waals surface area contributed by atoms with Gasteiger partial charge in [-0.2, -0.15) is 4.37 Å². The van der Waals surface area contributed by atoms with Gasteiger partial charge in [0.1, 0.15) is 0 Å². The van der Waals surface area contributed by atoms with E-state index in [-0.39, 0.29) is 0 Å². The van der Waals surface area contributed by atoms with Gasteiger partial charge in [0.2, 0.25) is 0 Å². The molecule has 3 atom stereocenters. The van der Waals surface area contributed by atoms with Crippen LogP contribution in [0, 0.1) is 5.92 Å². The van der Waals surface area contributed by atoms with Crippen LogP contribution in [0.1, 0.15) is 31.4 Å². The zero-order valence-corrected chi connectivity index (χ0v) is 8.05. The van der Waals surface area contributed by atoms with E-state index in [9.17, 15) is 0 Å². The first-order chi connectivity index (χ1) is 5.79. The summed E-state index contributed by atoms with van der Waals surface area (Å²) in [5.41, 5.74) is 7.20. The predicted molar refractivity (Wildman–Crippen MR) is 51.2 cm³/mol. The van der Waals surface area contributed by atoms with E-state index in [1.165, 1.54) is 23.6 Å². The van der Waals surface area contributed by atoms with Crippen LogP contribution in [-0.2, 0) is 0 Å². The highest BCUT2D eigenvalue weighted by Gasteiger charge is 2.32. The van der Waals surface area contributed by atoms with Gasteiger partial charge in [-0.3, -0.25) is 0 Å². The Morgan fingerprint density at radius 1 is 1.58 bits per heavy atom. The second-order valence-electron chi connectivity index (χ2n) is 3.63. The first-order valence-electron chi connectivity index (χ1n) is 4.45. The van der Waals surface area contributed by atoms with E-state index in [0.717, 1.165) is 6.42 Å². The van der Waals surface area contributed by atoms with Crippen LogP contribution in [0.15, 0.2) is 11.4 Å². The van der Waals surface area contributed by atoms with Gasteiger partial charge >= 0.3 is 0 Å². The fourth-order valence-electron chi connectivity index (χ4n) is 2.03. The highest BCUT2D eigenvalue weighted by atomic mass is 32.1. The van der Waals surface area contributed by atoms with Gasteiger partial charge in [-0.05, 0) is 36.4 Å². The fraction of sp³-hybridized carbons (Fsp3) is 0.667. The van der Waals surface area contributed by atoms with Crippen LogP contribution in [0.4, 0.5) is 0 Å². The van der Waals surface area contributed by atoms with E-state index in [0.29, 0.717) is 17.9 Å². The summed E-state index contributed by atoms with van der Waals surface area (Å²) in [5.74, 6) is 1.22. The third-order valence-corrected chi connectivity index (χ3v) is 3.53. The maximum Gasteiger partial charge on any atom is 0.0576 e. The van der Waals surface area contributed by atoms with Crippen LogP contribution < -0.4 is 5.73 Å². The highest BCUT2D eigenvalue weighted by Crippen LogP contribution is 2.37. The van der Waals surface area contributed by atoms with E-state index >= 15 is 0 Å². The first kappa shape index (κ1) is 8.20. The Hall–Kier alpha value is -0.410. The lowest BCUT2D eigenvalue weighted by atomic mass is 9.93. The van der Waals surface area contributed by atoms with Crippen molar-refractivity contribution in [1.82, 2.24) is 4.37 Å². The van der Waals surface area contributed by atoms with Crippen molar-refractivity contribution in [1.29, 1.82) is 0 Å². The number of nitrogens with zero attached hydrogens (tertiary/aromatic N) is 1. The van der Waals surface area contributed by atoms with Gasteiger partial charge in [-0.15, -0.1) is 0 Å². The molecular formula is C9H14N2S. The van der Waals surface area contributed by atoms with E-state index in [4.69, 9.17) is 5.73 Å². The molecule has 3 heteroatoms. The minimum Gasteiger partial charge on any atom is -0.327 e. The molecule has 0 bridgehead atoms. The standard InChI is InChI=1S/C9H14N2S/c1-6-7(2-3-8(6)10)9-4-5-12-11-9/h4-8H,2-3,10H2,1H3. The van der Waals surface area contributed by atoms with Gasteiger partial charge in [0.05, 0.1) is 5.69 Å². The molecule has 0 aromatic carbocycles. The Morgan fingerprint density at radius 2 is 2.42 bits per heavy atom. The normalized spacial score (nSPS) is 35.7. The van der Waals surface area contributed by atoms with Crippen molar-refractivity contribution >= 4 is 11.5 Å². The van der Waals surface area contributed by atoms with Gasteiger partial charge in [-0.25, -0.2) is 0 Å². The molecular weight excluding hydrogens is 168 g/mol. The molecule has 1 fully saturated rings. The van der Waals surface area contributed by atoms with Crippen LogP contribution in [0.5, 0.6) is 0 Å². The van der Waals surface area contributed by atoms with Crippen LogP contribution in [0.3, 0.4) is 0 Å².